The minimum Gasteiger partial charge on any atom is -0.497 e. The van der Waals surface area contributed by atoms with Crippen molar-refractivity contribution < 1.29 is 4.74 Å². The van der Waals surface area contributed by atoms with Crippen LogP contribution in [0, 0.1) is 13.8 Å². The first kappa shape index (κ1) is 11.5. The van der Waals surface area contributed by atoms with Crippen LogP contribution in [0.1, 0.15) is 11.4 Å². The number of rotatable bonds is 2. The van der Waals surface area contributed by atoms with E-state index in [0.717, 1.165) is 22.8 Å². The van der Waals surface area contributed by atoms with Crippen LogP contribution in [-0.4, -0.2) is 11.7 Å². The predicted molar refractivity (Wildman–Crippen MR) is 68.1 cm³/mol. The zero-order valence-corrected chi connectivity index (χ0v) is 10.2. The molecule has 0 amide bonds. The largest absolute Gasteiger partial charge is 0.497 e. The Morgan fingerprint density at radius 3 is 2.00 bits per heavy atom. The van der Waals surface area contributed by atoms with Gasteiger partial charge in [-0.1, -0.05) is 0 Å². The van der Waals surface area contributed by atoms with E-state index >= 15 is 0 Å². The highest BCUT2D eigenvalue weighted by Crippen LogP contribution is 2.17. The molecule has 1 heterocycles. The third-order valence-corrected chi connectivity index (χ3v) is 2.74. The summed E-state index contributed by atoms with van der Waals surface area (Å²) in [4.78, 5) is 11.4. The van der Waals surface area contributed by atoms with Gasteiger partial charge in [0.15, 0.2) is 5.43 Å². The first-order valence-electron chi connectivity index (χ1n) is 5.46. The van der Waals surface area contributed by atoms with Gasteiger partial charge < -0.3 is 9.30 Å². The average molecular weight is 229 g/mol. The number of hydrogen-bond acceptors (Lipinski definition) is 2. The molecular weight excluding hydrogens is 214 g/mol. The monoisotopic (exact) mass is 229 g/mol. The molecule has 2 aromatic rings. The summed E-state index contributed by atoms with van der Waals surface area (Å²) in [6.07, 6.45) is 0. The first-order chi connectivity index (χ1) is 8.11. The van der Waals surface area contributed by atoms with Crippen molar-refractivity contribution in [2.45, 2.75) is 13.8 Å². The van der Waals surface area contributed by atoms with Crippen LogP contribution in [-0.2, 0) is 0 Å². The summed E-state index contributed by atoms with van der Waals surface area (Å²) in [7, 11) is 1.64. The molecule has 0 aliphatic rings. The fourth-order valence-corrected chi connectivity index (χ4v) is 2.00. The third kappa shape index (κ3) is 2.23. The Labute approximate surface area is 100 Å². The van der Waals surface area contributed by atoms with Gasteiger partial charge in [-0.25, -0.2) is 0 Å². The van der Waals surface area contributed by atoms with Crippen molar-refractivity contribution in [1.82, 2.24) is 4.57 Å². The van der Waals surface area contributed by atoms with E-state index in [1.807, 2.05) is 42.7 Å². The van der Waals surface area contributed by atoms with Crippen LogP contribution >= 0.6 is 0 Å². The number of ether oxygens (including phenoxy) is 1. The van der Waals surface area contributed by atoms with E-state index in [9.17, 15) is 4.79 Å². The van der Waals surface area contributed by atoms with Crippen LogP contribution in [0.2, 0.25) is 0 Å². The SMILES string of the molecule is COc1ccc(-n2c(C)cc(=O)cc2C)cc1. The molecule has 0 saturated heterocycles. The maximum Gasteiger partial charge on any atom is 0.182 e. The molecule has 0 atom stereocenters. The zero-order chi connectivity index (χ0) is 12.4. The molecule has 0 N–H and O–H groups in total. The molecular formula is C14H15NO2. The van der Waals surface area contributed by atoms with Crippen molar-refractivity contribution in [3.63, 3.8) is 0 Å². The predicted octanol–water partition coefficient (Wildman–Crippen LogP) is 2.46. The maximum atomic E-state index is 11.4. The minimum absolute atomic E-state index is 0.0461. The highest BCUT2D eigenvalue weighted by Gasteiger charge is 2.03. The van der Waals surface area contributed by atoms with E-state index in [2.05, 4.69) is 0 Å². The molecule has 3 heteroatoms. The third-order valence-electron chi connectivity index (χ3n) is 2.74. The Morgan fingerprint density at radius 1 is 1.00 bits per heavy atom. The van der Waals surface area contributed by atoms with Gasteiger partial charge in [-0.3, -0.25) is 4.79 Å². The Balaban J connectivity index is 2.56. The van der Waals surface area contributed by atoms with Gasteiger partial charge in [0.1, 0.15) is 5.75 Å². The van der Waals surface area contributed by atoms with Crippen LogP contribution in [0.3, 0.4) is 0 Å². The van der Waals surface area contributed by atoms with Gasteiger partial charge >= 0.3 is 0 Å². The summed E-state index contributed by atoms with van der Waals surface area (Å²) >= 11 is 0. The van der Waals surface area contributed by atoms with Gasteiger partial charge in [-0.2, -0.15) is 0 Å². The van der Waals surface area contributed by atoms with Crippen molar-refractivity contribution in [1.29, 1.82) is 0 Å². The van der Waals surface area contributed by atoms with E-state index in [4.69, 9.17) is 4.74 Å². The summed E-state index contributed by atoms with van der Waals surface area (Å²) in [6.45, 7) is 3.86. The second kappa shape index (κ2) is 4.45. The Hall–Kier alpha value is -2.03. The highest BCUT2D eigenvalue weighted by molar-refractivity contribution is 5.40. The quantitative estimate of drug-likeness (QED) is 0.792. The van der Waals surface area contributed by atoms with Gasteiger partial charge in [-0.15, -0.1) is 0 Å². The molecule has 3 nitrogen and oxygen atoms in total. The van der Waals surface area contributed by atoms with Crippen LogP contribution in [0.15, 0.2) is 41.2 Å². The second-order valence-electron chi connectivity index (χ2n) is 4.01. The lowest BCUT2D eigenvalue weighted by atomic mass is 10.2. The van der Waals surface area contributed by atoms with Gasteiger partial charge in [0.25, 0.3) is 0 Å². The number of hydrogen-bond donors (Lipinski definition) is 0. The van der Waals surface area contributed by atoms with Crippen LogP contribution < -0.4 is 10.2 Å². The number of pyridine rings is 1. The fourth-order valence-electron chi connectivity index (χ4n) is 2.00. The molecule has 0 saturated carbocycles. The van der Waals surface area contributed by atoms with Gasteiger partial charge in [-0.05, 0) is 38.1 Å². The van der Waals surface area contributed by atoms with Crippen molar-refractivity contribution >= 4 is 0 Å². The number of nitrogens with zero attached hydrogens (tertiary/aromatic N) is 1. The number of methoxy groups -OCH3 is 1. The smallest absolute Gasteiger partial charge is 0.182 e. The lowest BCUT2D eigenvalue weighted by Gasteiger charge is -2.14. The van der Waals surface area contributed by atoms with Gasteiger partial charge in [0.05, 0.1) is 7.11 Å². The molecule has 0 aliphatic heterocycles. The van der Waals surface area contributed by atoms with E-state index < -0.39 is 0 Å². The van der Waals surface area contributed by atoms with Crippen LogP contribution in [0.25, 0.3) is 5.69 Å². The summed E-state index contributed by atoms with van der Waals surface area (Å²) in [5.41, 5.74) is 2.94. The molecule has 2 rings (SSSR count). The summed E-state index contributed by atoms with van der Waals surface area (Å²) < 4.78 is 7.17. The Morgan fingerprint density at radius 2 is 1.53 bits per heavy atom. The Kier molecular flexibility index (Phi) is 3.00. The van der Waals surface area contributed by atoms with E-state index in [0.29, 0.717) is 0 Å². The summed E-state index contributed by atoms with van der Waals surface area (Å²) in [6, 6.07) is 11.0. The first-order valence-corrected chi connectivity index (χ1v) is 5.46. The molecule has 0 bridgehead atoms. The van der Waals surface area contributed by atoms with E-state index in [-0.39, 0.29) is 5.43 Å². The topological polar surface area (TPSA) is 31.2 Å². The fraction of sp³-hybridized carbons (Fsp3) is 0.214. The lowest BCUT2D eigenvalue weighted by Crippen LogP contribution is -2.11. The number of aryl methyl sites for hydroxylation is 2. The molecule has 1 aromatic carbocycles. The number of benzene rings is 1. The van der Waals surface area contributed by atoms with Gasteiger partial charge in [0, 0.05) is 29.2 Å². The summed E-state index contributed by atoms with van der Waals surface area (Å²) in [5.74, 6) is 0.824. The Bertz CT molecular complexity index is 556. The minimum atomic E-state index is 0.0461. The second-order valence-corrected chi connectivity index (χ2v) is 4.01. The zero-order valence-electron chi connectivity index (χ0n) is 10.2. The average Bonchev–Trinajstić information content (AvgIpc) is 2.28. The van der Waals surface area contributed by atoms with Crippen molar-refractivity contribution in [3.05, 3.63) is 58.0 Å². The maximum absolute atomic E-state index is 11.4. The summed E-state index contributed by atoms with van der Waals surface area (Å²) in [5, 5.41) is 0. The molecule has 0 aliphatic carbocycles. The van der Waals surface area contributed by atoms with Crippen LogP contribution in [0.5, 0.6) is 5.75 Å². The van der Waals surface area contributed by atoms with Gasteiger partial charge in [0.2, 0.25) is 0 Å². The van der Waals surface area contributed by atoms with Crippen molar-refractivity contribution in [3.8, 4) is 11.4 Å². The highest BCUT2D eigenvalue weighted by atomic mass is 16.5. The standard InChI is InChI=1S/C14H15NO2/c1-10-8-13(16)9-11(2)15(10)12-4-6-14(17-3)7-5-12/h4-9H,1-3H3. The molecule has 17 heavy (non-hydrogen) atoms. The van der Waals surface area contributed by atoms with Crippen LogP contribution in [0.4, 0.5) is 0 Å². The van der Waals surface area contributed by atoms with Crippen molar-refractivity contribution in [2.24, 2.45) is 0 Å². The van der Waals surface area contributed by atoms with E-state index in [1.54, 1.807) is 19.2 Å². The molecule has 0 fully saturated rings. The normalized spacial score (nSPS) is 10.3. The molecule has 88 valence electrons. The van der Waals surface area contributed by atoms with E-state index in [1.165, 1.54) is 0 Å². The molecule has 1 aromatic heterocycles. The lowest BCUT2D eigenvalue weighted by molar-refractivity contribution is 0.414. The molecule has 0 radical (unpaired) electrons. The molecule has 0 spiro atoms. The van der Waals surface area contributed by atoms with Crippen molar-refractivity contribution in [2.75, 3.05) is 7.11 Å². The molecule has 0 unspecified atom stereocenters. The number of aromatic nitrogens is 1.